The second kappa shape index (κ2) is 8.51. The van der Waals surface area contributed by atoms with E-state index >= 15 is 0 Å². The minimum atomic E-state index is -0.189. The Morgan fingerprint density at radius 3 is 2.73 bits per heavy atom. The zero-order valence-electron chi connectivity index (χ0n) is 17.0. The first-order valence-corrected chi connectivity index (χ1v) is 10.4. The first-order valence-electron chi connectivity index (χ1n) is 9.54. The van der Waals surface area contributed by atoms with Gasteiger partial charge in [0, 0.05) is 22.2 Å². The highest BCUT2D eigenvalue weighted by atomic mass is 32.1. The molecule has 0 spiro atoms. The van der Waals surface area contributed by atoms with Crippen molar-refractivity contribution in [2.45, 2.75) is 20.4 Å². The Morgan fingerprint density at radius 1 is 1.13 bits per heavy atom. The molecule has 30 heavy (non-hydrogen) atoms. The van der Waals surface area contributed by atoms with Crippen molar-refractivity contribution in [3.63, 3.8) is 0 Å². The maximum Gasteiger partial charge on any atom is 0.257 e. The molecule has 4 rings (SSSR count). The van der Waals surface area contributed by atoms with Gasteiger partial charge in [-0.25, -0.2) is 4.98 Å². The summed E-state index contributed by atoms with van der Waals surface area (Å²) in [5.74, 6) is 0.559. The highest BCUT2D eigenvalue weighted by Gasteiger charge is 2.13. The second-order valence-electron chi connectivity index (χ2n) is 6.98. The molecule has 0 radical (unpaired) electrons. The van der Waals surface area contributed by atoms with E-state index in [0.717, 1.165) is 34.0 Å². The summed E-state index contributed by atoms with van der Waals surface area (Å²) in [6, 6.07) is 17.3. The molecular formula is C23H22N4O2S. The summed E-state index contributed by atoms with van der Waals surface area (Å²) in [5.41, 5.74) is 5.34. The monoisotopic (exact) mass is 418 g/mol. The van der Waals surface area contributed by atoms with E-state index in [-0.39, 0.29) is 5.91 Å². The predicted octanol–water partition coefficient (Wildman–Crippen LogP) is 4.93. The number of aryl methyl sites for hydroxylation is 2. The van der Waals surface area contributed by atoms with Gasteiger partial charge in [0.15, 0.2) is 5.13 Å². The van der Waals surface area contributed by atoms with E-state index < -0.39 is 0 Å². The Morgan fingerprint density at radius 2 is 1.97 bits per heavy atom. The van der Waals surface area contributed by atoms with Crippen molar-refractivity contribution >= 4 is 22.4 Å². The lowest BCUT2D eigenvalue weighted by Crippen LogP contribution is -2.12. The van der Waals surface area contributed by atoms with Gasteiger partial charge in [-0.15, -0.1) is 11.3 Å². The zero-order valence-corrected chi connectivity index (χ0v) is 17.9. The van der Waals surface area contributed by atoms with Gasteiger partial charge in [0.25, 0.3) is 5.91 Å². The molecule has 0 saturated heterocycles. The molecule has 0 atom stereocenters. The van der Waals surface area contributed by atoms with E-state index in [4.69, 9.17) is 4.74 Å². The van der Waals surface area contributed by atoms with Crippen LogP contribution in [0.2, 0.25) is 0 Å². The number of anilines is 1. The number of carbonyl (C=O) groups excluding carboxylic acids is 1. The molecule has 0 saturated carbocycles. The van der Waals surface area contributed by atoms with Crippen LogP contribution >= 0.6 is 11.3 Å². The Hall–Kier alpha value is -3.45. The molecule has 7 heteroatoms. The number of ether oxygens (including phenoxy) is 1. The van der Waals surface area contributed by atoms with Crippen molar-refractivity contribution in [1.82, 2.24) is 14.8 Å². The number of methoxy groups -OCH3 is 1. The van der Waals surface area contributed by atoms with E-state index in [0.29, 0.717) is 17.2 Å². The van der Waals surface area contributed by atoms with Gasteiger partial charge in [-0.1, -0.05) is 24.3 Å². The van der Waals surface area contributed by atoms with Crippen molar-refractivity contribution in [3.8, 4) is 17.0 Å². The number of hydrogen-bond donors (Lipinski definition) is 1. The summed E-state index contributed by atoms with van der Waals surface area (Å²) >= 11 is 1.39. The molecule has 0 bridgehead atoms. The third-order valence-electron chi connectivity index (χ3n) is 4.73. The van der Waals surface area contributed by atoms with Gasteiger partial charge in [-0.05, 0) is 49.7 Å². The Bertz CT molecular complexity index is 1200. The SMILES string of the molecule is COc1ccccc1-c1csc(NC(=O)c2cccc(Cn3nc(C)cc3C)c2)n1. The molecule has 0 unspecified atom stereocenters. The number of para-hydroxylation sites is 1. The van der Waals surface area contributed by atoms with Crippen LogP contribution in [-0.4, -0.2) is 27.8 Å². The number of carbonyl (C=O) groups is 1. The molecule has 0 aliphatic heterocycles. The van der Waals surface area contributed by atoms with E-state index in [1.807, 2.05) is 72.4 Å². The Labute approximate surface area is 179 Å². The van der Waals surface area contributed by atoms with Crippen LogP contribution in [0.4, 0.5) is 5.13 Å². The summed E-state index contributed by atoms with van der Waals surface area (Å²) in [4.78, 5) is 17.3. The number of nitrogens with one attached hydrogen (secondary N) is 1. The van der Waals surface area contributed by atoms with Gasteiger partial charge in [0.2, 0.25) is 0 Å². The maximum absolute atomic E-state index is 12.8. The van der Waals surface area contributed by atoms with Crippen molar-refractivity contribution in [3.05, 3.63) is 82.5 Å². The van der Waals surface area contributed by atoms with E-state index in [2.05, 4.69) is 15.4 Å². The first-order chi connectivity index (χ1) is 14.5. The molecule has 0 aliphatic rings. The van der Waals surface area contributed by atoms with E-state index in [1.165, 1.54) is 11.3 Å². The number of amides is 1. The Balaban J connectivity index is 1.49. The van der Waals surface area contributed by atoms with Crippen LogP contribution in [0.25, 0.3) is 11.3 Å². The quantitative estimate of drug-likeness (QED) is 0.482. The van der Waals surface area contributed by atoms with Gasteiger partial charge >= 0.3 is 0 Å². The van der Waals surface area contributed by atoms with Crippen LogP contribution in [0.3, 0.4) is 0 Å². The minimum absolute atomic E-state index is 0.189. The van der Waals surface area contributed by atoms with Crippen LogP contribution in [-0.2, 0) is 6.54 Å². The number of rotatable bonds is 6. The van der Waals surface area contributed by atoms with Gasteiger partial charge in [-0.3, -0.25) is 14.8 Å². The highest BCUT2D eigenvalue weighted by molar-refractivity contribution is 7.14. The first kappa shape index (κ1) is 19.8. The molecular weight excluding hydrogens is 396 g/mol. The fraction of sp³-hybridized carbons (Fsp3) is 0.174. The molecule has 2 heterocycles. The summed E-state index contributed by atoms with van der Waals surface area (Å²) in [6.07, 6.45) is 0. The summed E-state index contributed by atoms with van der Waals surface area (Å²) in [5, 5.41) is 9.84. The van der Waals surface area contributed by atoms with Crippen LogP contribution in [0.1, 0.15) is 27.3 Å². The third-order valence-corrected chi connectivity index (χ3v) is 5.49. The van der Waals surface area contributed by atoms with Gasteiger partial charge in [-0.2, -0.15) is 5.10 Å². The molecule has 1 N–H and O–H groups in total. The zero-order chi connectivity index (χ0) is 21.1. The lowest BCUT2D eigenvalue weighted by Gasteiger charge is -2.07. The lowest BCUT2D eigenvalue weighted by atomic mass is 10.1. The highest BCUT2D eigenvalue weighted by Crippen LogP contribution is 2.32. The number of hydrogen-bond acceptors (Lipinski definition) is 5. The molecule has 4 aromatic rings. The molecule has 6 nitrogen and oxygen atoms in total. The van der Waals surface area contributed by atoms with Crippen LogP contribution < -0.4 is 10.1 Å². The fourth-order valence-corrected chi connectivity index (χ4v) is 4.00. The largest absolute Gasteiger partial charge is 0.496 e. The topological polar surface area (TPSA) is 69.0 Å². The van der Waals surface area contributed by atoms with Gasteiger partial charge in [0.05, 0.1) is 25.0 Å². The predicted molar refractivity (Wildman–Crippen MR) is 119 cm³/mol. The van der Waals surface area contributed by atoms with Crippen molar-refractivity contribution in [1.29, 1.82) is 0 Å². The van der Waals surface area contributed by atoms with Crippen molar-refractivity contribution in [2.24, 2.45) is 0 Å². The van der Waals surface area contributed by atoms with Crippen molar-refractivity contribution < 1.29 is 9.53 Å². The van der Waals surface area contributed by atoms with Crippen LogP contribution in [0.15, 0.2) is 60.0 Å². The number of nitrogens with zero attached hydrogens (tertiary/aromatic N) is 3. The molecule has 2 aromatic heterocycles. The van der Waals surface area contributed by atoms with Crippen LogP contribution in [0.5, 0.6) is 5.75 Å². The molecule has 2 aromatic carbocycles. The fourth-order valence-electron chi connectivity index (χ4n) is 3.30. The summed E-state index contributed by atoms with van der Waals surface area (Å²) in [7, 11) is 1.63. The molecule has 0 fully saturated rings. The lowest BCUT2D eigenvalue weighted by molar-refractivity contribution is 0.102. The van der Waals surface area contributed by atoms with Crippen molar-refractivity contribution in [2.75, 3.05) is 12.4 Å². The smallest absolute Gasteiger partial charge is 0.257 e. The van der Waals surface area contributed by atoms with Crippen LogP contribution in [0, 0.1) is 13.8 Å². The van der Waals surface area contributed by atoms with E-state index in [9.17, 15) is 4.79 Å². The van der Waals surface area contributed by atoms with Gasteiger partial charge < -0.3 is 4.74 Å². The third kappa shape index (κ3) is 4.26. The number of benzene rings is 2. The normalized spacial score (nSPS) is 10.8. The summed E-state index contributed by atoms with van der Waals surface area (Å²) in [6.45, 7) is 4.62. The maximum atomic E-state index is 12.8. The standard InChI is InChI=1S/C23H22N4O2S/c1-15-11-16(2)27(26-15)13-17-7-6-8-18(12-17)22(28)25-23-24-20(14-30-23)19-9-4-5-10-21(19)29-3/h4-12,14H,13H2,1-3H3,(H,24,25,28). The van der Waals surface area contributed by atoms with Gasteiger partial charge in [0.1, 0.15) is 5.75 Å². The average Bonchev–Trinajstić information content (AvgIpc) is 3.33. The number of thiazole rings is 1. The molecule has 1 amide bonds. The second-order valence-corrected chi connectivity index (χ2v) is 7.84. The van der Waals surface area contributed by atoms with E-state index in [1.54, 1.807) is 13.2 Å². The number of aromatic nitrogens is 3. The average molecular weight is 419 g/mol. The summed E-state index contributed by atoms with van der Waals surface area (Å²) < 4.78 is 7.34. The Kier molecular flexibility index (Phi) is 5.63. The molecule has 0 aliphatic carbocycles. The molecule has 152 valence electrons. The minimum Gasteiger partial charge on any atom is -0.496 e.